The number of hydrogen-bond acceptors (Lipinski definition) is 2. The molecule has 0 radical (unpaired) electrons. The molecule has 1 aliphatic carbocycles. The maximum atomic E-state index is 4.79. The van der Waals surface area contributed by atoms with Crippen LogP contribution >= 0.6 is 0 Å². The molecule has 1 aliphatic rings. The third kappa shape index (κ3) is 2.07. The van der Waals surface area contributed by atoms with E-state index in [0.29, 0.717) is 0 Å². The number of nitrogens with zero attached hydrogens (tertiary/aromatic N) is 3. The van der Waals surface area contributed by atoms with Crippen molar-refractivity contribution in [2.45, 2.75) is 27.2 Å². The van der Waals surface area contributed by atoms with Gasteiger partial charge < -0.3 is 0 Å². The fourth-order valence-corrected chi connectivity index (χ4v) is 3.55. The molecular formula is C20H20N3+. The van der Waals surface area contributed by atoms with Gasteiger partial charge in [0.15, 0.2) is 0 Å². The molecule has 1 aromatic carbocycles. The molecule has 0 saturated carbocycles. The van der Waals surface area contributed by atoms with Crippen LogP contribution in [0, 0.1) is 20.8 Å². The first kappa shape index (κ1) is 14.1. The molecule has 0 aliphatic heterocycles. The molecule has 3 heteroatoms. The highest BCUT2D eigenvalue weighted by Gasteiger charge is 2.30. The van der Waals surface area contributed by atoms with Gasteiger partial charge in [0.25, 0.3) is 0 Å². The number of hydrogen-bond donors (Lipinski definition) is 0. The van der Waals surface area contributed by atoms with Crippen LogP contribution < -0.4 is 4.57 Å². The van der Waals surface area contributed by atoms with Crippen molar-refractivity contribution in [2.24, 2.45) is 7.05 Å². The number of fused-ring (bicyclic) bond motifs is 3. The monoisotopic (exact) mass is 302 g/mol. The van der Waals surface area contributed by atoms with E-state index < -0.39 is 0 Å². The van der Waals surface area contributed by atoms with Crippen LogP contribution in [0.3, 0.4) is 0 Å². The molecule has 0 atom stereocenters. The second kappa shape index (κ2) is 4.98. The normalized spacial score (nSPS) is 12.2. The Morgan fingerprint density at radius 1 is 1.04 bits per heavy atom. The number of aryl methyl sites for hydroxylation is 2. The van der Waals surface area contributed by atoms with Crippen LogP contribution in [0.25, 0.3) is 22.5 Å². The molecule has 3 nitrogen and oxygen atoms in total. The Kier molecular flexibility index (Phi) is 3.05. The molecule has 4 rings (SSSR count). The van der Waals surface area contributed by atoms with Crippen LogP contribution in [0.1, 0.15) is 27.9 Å². The van der Waals surface area contributed by atoms with Gasteiger partial charge in [0.2, 0.25) is 11.4 Å². The summed E-state index contributed by atoms with van der Waals surface area (Å²) in [4.78, 5) is 9.04. The zero-order chi connectivity index (χ0) is 16.1. The van der Waals surface area contributed by atoms with Gasteiger partial charge in [-0.1, -0.05) is 11.6 Å². The van der Waals surface area contributed by atoms with E-state index >= 15 is 0 Å². The fraction of sp³-hybridized carbons (Fsp3) is 0.250. The van der Waals surface area contributed by atoms with Crippen LogP contribution in [-0.4, -0.2) is 9.97 Å². The lowest BCUT2D eigenvalue weighted by atomic mass is 9.98. The zero-order valence-electron chi connectivity index (χ0n) is 14.0. The van der Waals surface area contributed by atoms with Gasteiger partial charge in [-0.3, -0.25) is 4.98 Å². The summed E-state index contributed by atoms with van der Waals surface area (Å²) in [5.41, 5.74) is 11.2. The van der Waals surface area contributed by atoms with Crippen LogP contribution in [0.4, 0.5) is 0 Å². The highest BCUT2D eigenvalue weighted by molar-refractivity contribution is 5.71. The third-order valence-electron chi connectivity index (χ3n) is 4.96. The molecule has 114 valence electrons. The van der Waals surface area contributed by atoms with Crippen molar-refractivity contribution in [1.82, 2.24) is 9.97 Å². The van der Waals surface area contributed by atoms with E-state index in [4.69, 9.17) is 4.98 Å². The molecule has 0 bridgehead atoms. The van der Waals surface area contributed by atoms with E-state index in [1.165, 1.54) is 44.8 Å². The summed E-state index contributed by atoms with van der Waals surface area (Å²) in [7, 11) is 2.15. The van der Waals surface area contributed by atoms with Gasteiger partial charge in [0, 0.05) is 18.0 Å². The van der Waals surface area contributed by atoms with E-state index in [9.17, 15) is 0 Å². The van der Waals surface area contributed by atoms with Crippen molar-refractivity contribution in [3.8, 4) is 22.5 Å². The van der Waals surface area contributed by atoms with Crippen LogP contribution in [0.2, 0.25) is 0 Å². The topological polar surface area (TPSA) is 29.7 Å². The summed E-state index contributed by atoms with van der Waals surface area (Å²) in [6, 6.07) is 6.56. The van der Waals surface area contributed by atoms with Gasteiger partial charge >= 0.3 is 0 Å². The SMILES string of the molecule is Cc1cc(C)c(C)c(-c2cnc3c([n+]2C)Cc2cnccc2-3)c1. The van der Waals surface area contributed by atoms with Gasteiger partial charge in [-0.15, -0.1) is 0 Å². The Morgan fingerprint density at radius 3 is 2.70 bits per heavy atom. The number of pyridine rings is 1. The highest BCUT2D eigenvalue weighted by Crippen LogP contribution is 2.34. The molecular weight excluding hydrogens is 282 g/mol. The minimum atomic E-state index is 0.902. The predicted octanol–water partition coefficient (Wildman–Crippen LogP) is 3.46. The molecule has 0 saturated heterocycles. The van der Waals surface area contributed by atoms with E-state index in [1.807, 2.05) is 18.6 Å². The molecule has 2 aromatic heterocycles. The standard InChI is InChI=1S/C20H20N3/c1-12-7-13(2)14(3)17(8-12)19-11-22-20-16-5-6-21-10-15(16)9-18(20)23(19)4/h5-8,10-11H,9H2,1-4H3/q+1. The fourth-order valence-electron chi connectivity index (χ4n) is 3.55. The minimum absolute atomic E-state index is 0.902. The molecule has 2 heterocycles. The molecule has 3 aromatic rings. The second-order valence-electron chi connectivity index (χ2n) is 6.46. The number of benzene rings is 1. The Morgan fingerprint density at radius 2 is 1.87 bits per heavy atom. The molecule has 0 N–H and O–H groups in total. The first-order valence-electron chi connectivity index (χ1n) is 7.95. The summed E-state index contributed by atoms with van der Waals surface area (Å²) in [6.07, 6.45) is 6.71. The minimum Gasteiger partial charge on any atom is -0.264 e. The zero-order valence-corrected chi connectivity index (χ0v) is 14.0. The van der Waals surface area contributed by atoms with Crippen LogP contribution in [0.5, 0.6) is 0 Å². The van der Waals surface area contributed by atoms with Gasteiger partial charge in [0.05, 0.1) is 12.0 Å². The average Bonchev–Trinajstić information content (AvgIpc) is 2.91. The largest absolute Gasteiger partial charge is 0.264 e. The lowest BCUT2D eigenvalue weighted by Crippen LogP contribution is -2.36. The Bertz CT molecular complexity index is 942. The first-order valence-corrected chi connectivity index (χ1v) is 7.95. The average molecular weight is 302 g/mol. The highest BCUT2D eigenvalue weighted by atomic mass is 15.0. The Balaban J connectivity index is 1.93. The number of rotatable bonds is 1. The second-order valence-corrected chi connectivity index (χ2v) is 6.46. The van der Waals surface area contributed by atoms with Crippen molar-refractivity contribution in [3.63, 3.8) is 0 Å². The molecule has 0 fully saturated rings. The van der Waals surface area contributed by atoms with Crippen LogP contribution in [0.15, 0.2) is 36.8 Å². The Labute approximate surface area is 136 Å². The maximum Gasteiger partial charge on any atom is 0.231 e. The molecule has 0 spiro atoms. The van der Waals surface area contributed by atoms with E-state index in [0.717, 1.165) is 12.1 Å². The molecule has 0 amide bonds. The van der Waals surface area contributed by atoms with Crippen molar-refractivity contribution in [2.75, 3.05) is 0 Å². The number of aromatic nitrogens is 3. The lowest BCUT2D eigenvalue weighted by Gasteiger charge is -2.10. The third-order valence-corrected chi connectivity index (χ3v) is 4.96. The van der Waals surface area contributed by atoms with Crippen LogP contribution in [-0.2, 0) is 13.5 Å². The van der Waals surface area contributed by atoms with Crippen molar-refractivity contribution < 1.29 is 4.57 Å². The van der Waals surface area contributed by atoms with Crippen molar-refractivity contribution in [3.05, 3.63) is 64.7 Å². The van der Waals surface area contributed by atoms with Crippen molar-refractivity contribution in [1.29, 1.82) is 0 Å². The summed E-state index contributed by atoms with van der Waals surface area (Å²) >= 11 is 0. The van der Waals surface area contributed by atoms with E-state index in [1.54, 1.807) is 0 Å². The summed E-state index contributed by atoms with van der Waals surface area (Å²) in [5.74, 6) is 0. The van der Waals surface area contributed by atoms with Gasteiger partial charge in [-0.2, -0.15) is 4.57 Å². The smallest absolute Gasteiger partial charge is 0.231 e. The predicted molar refractivity (Wildman–Crippen MR) is 91.1 cm³/mol. The quantitative estimate of drug-likeness (QED) is 0.504. The molecule has 23 heavy (non-hydrogen) atoms. The maximum absolute atomic E-state index is 4.79. The van der Waals surface area contributed by atoms with E-state index in [-0.39, 0.29) is 0 Å². The van der Waals surface area contributed by atoms with Gasteiger partial charge in [-0.25, -0.2) is 4.98 Å². The Hall–Kier alpha value is -2.55. The summed E-state index contributed by atoms with van der Waals surface area (Å²) in [5, 5.41) is 0. The van der Waals surface area contributed by atoms with Gasteiger partial charge in [-0.05, 0) is 49.6 Å². The summed E-state index contributed by atoms with van der Waals surface area (Å²) in [6.45, 7) is 6.52. The lowest BCUT2D eigenvalue weighted by molar-refractivity contribution is -0.667. The molecule has 0 unspecified atom stereocenters. The van der Waals surface area contributed by atoms with Crippen molar-refractivity contribution >= 4 is 0 Å². The van der Waals surface area contributed by atoms with Gasteiger partial charge in [0.1, 0.15) is 18.9 Å². The van der Waals surface area contributed by atoms with E-state index in [2.05, 4.69) is 55.6 Å². The summed E-state index contributed by atoms with van der Waals surface area (Å²) < 4.78 is 2.30. The first-order chi connectivity index (χ1) is 11.1.